The van der Waals surface area contributed by atoms with E-state index in [1.807, 2.05) is 0 Å². The third-order valence-corrected chi connectivity index (χ3v) is 2.06. The van der Waals surface area contributed by atoms with E-state index in [-0.39, 0.29) is 6.61 Å². The number of rotatable bonds is 3. The lowest BCUT2D eigenvalue weighted by molar-refractivity contribution is 0.0596. The summed E-state index contributed by atoms with van der Waals surface area (Å²) in [5.74, 6) is 5.36. The van der Waals surface area contributed by atoms with Crippen LogP contribution in [-0.2, 0) is 4.74 Å². The Kier molecular flexibility index (Phi) is 4.68. The molecule has 4 heteroatoms. The van der Waals surface area contributed by atoms with Gasteiger partial charge in [0.15, 0.2) is 0 Å². The van der Waals surface area contributed by atoms with E-state index < -0.39 is 5.97 Å². The van der Waals surface area contributed by atoms with E-state index in [4.69, 9.17) is 16.3 Å². The number of halogens is 1. The molecule has 0 saturated carbocycles. The van der Waals surface area contributed by atoms with Crippen LogP contribution in [0.2, 0.25) is 5.02 Å². The summed E-state index contributed by atoms with van der Waals surface area (Å²) in [6, 6.07) is 4.76. The summed E-state index contributed by atoms with van der Waals surface area (Å²) in [5, 5.41) is 0.453. The minimum absolute atomic E-state index is 0.224. The van der Waals surface area contributed by atoms with Crippen LogP contribution in [0.15, 0.2) is 18.2 Å². The van der Waals surface area contributed by atoms with Gasteiger partial charge in [0.2, 0.25) is 0 Å². The van der Waals surface area contributed by atoms with Crippen molar-refractivity contribution >= 4 is 17.6 Å². The van der Waals surface area contributed by atoms with Crippen LogP contribution >= 0.6 is 11.6 Å². The molecule has 1 aromatic carbocycles. The van der Waals surface area contributed by atoms with Crippen LogP contribution in [-0.4, -0.2) is 19.7 Å². The first-order chi connectivity index (χ1) is 7.69. The van der Waals surface area contributed by atoms with Gasteiger partial charge in [0.1, 0.15) is 17.9 Å². The van der Waals surface area contributed by atoms with Gasteiger partial charge in [-0.05, 0) is 25.1 Å². The van der Waals surface area contributed by atoms with Crippen LogP contribution in [0, 0.1) is 11.8 Å². The van der Waals surface area contributed by atoms with E-state index in [2.05, 4.69) is 16.6 Å². The molecule has 0 aliphatic carbocycles. The summed E-state index contributed by atoms with van der Waals surface area (Å²) in [6.45, 7) is 1.94. The molecule has 0 aromatic heterocycles. The molecular weight excluding hydrogens is 228 g/mol. The Labute approximate surface area is 99.3 Å². The summed E-state index contributed by atoms with van der Waals surface area (Å²) >= 11 is 5.79. The van der Waals surface area contributed by atoms with Gasteiger partial charge >= 0.3 is 5.97 Å². The zero-order valence-electron chi connectivity index (χ0n) is 9.04. The zero-order valence-corrected chi connectivity index (χ0v) is 9.80. The first-order valence-corrected chi connectivity index (χ1v) is 4.97. The average molecular weight is 239 g/mol. The van der Waals surface area contributed by atoms with E-state index in [9.17, 15) is 4.79 Å². The third-order valence-electron chi connectivity index (χ3n) is 1.82. The quantitative estimate of drug-likeness (QED) is 0.600. The Morgan fingerprint density at radius 2 is 2.25 bits per heavy atom. The van der Waals surface area contributed by atoms with Crippen LogP contribution in [0.4, 0.5) is 0 Å². The van der Waals surface area contributed by atoms with Crippen molar-refractivity contribution < 1.29 is 14.3 Å². The Morgan fingerprint density at radius 1 is 1.50 bits per heavy atom. The Hall–Kier alpha value is -1.66. The number of methoxy groups -OCH3 is 1. The number of benzene rings is 1. The Balaban J connectivity index is 2.96. The molecule has 16 heavy (non-hydrogen) atoms. The maximum Gasteiger partial charge on any atom is 0.341 e. The lowest BCUT2D eigenvalue weighted by Crippen LogP contribution is -2.06. The first kappa shape index (κ1) is 12.4. The van der Waals surface area contributed by atoms with Crippen LogP contribution in [0.25, 0.3) is 0 Å². The van der Waals surface area contributed by atoms with Crippen molar-refractivity contribution in [3.8, 4) is 17.6 Å². The largest absolute Gasteiger partial charge is 0.480 e. The summed E-state index contributed by atoms with van der Waals surface area (Å²) in [7, 11) is 1.30. The van der Waals surface area contributed by atoms with E-state index in [0.29, 0.717) is 16.3 Å². The smallest absolute Gasteiger partial charge is 0.341 e. The highest BCUT2D eigenvalue weighted by molar-refractivity contribution is 6.31. The standard InChI is InChI=1S/C12H11ClO3/c1-3-4-7-16-11-6-5-9(13)8-10(11)12(14)15-2/h5-6,8H,7H2,1-2H3. The molecule has 0 fully saturated rings. The fourth-order valence-electron chi connectivity index (χ4n) is 1.08. The number of carbonyl (C=O) groups excluding carboxylic acids is 1. The molecule has 0 heterocycles. The normalized spacial score (nSPS) is 8.94. The maximum absolute atomic E-state index is 11.4. The van der Waals surface area contributed by atoms with Crippen LogP contribution in [0.5, 0.6) is 5.75 Å². The van der Waals surface area contributed by atoms with Gasteiger partial charge in [0.25, 0.3) is 0 Å². The molecule has 0 unspecified atom stereocenters. The number of ether oxygens (including phenoxy) is 2. The monoisotopic (exact) mass is 238 g/mol. The molecule has 1 rings (SSSR count). The van der Waals surface area contributed by atoms with Crippen molar-refractivity contribution in [3.63, 3.8) is 0 Å². The summed E-state index contributed by atoms with van der Waals surface area (Å²) < 4.78 is 9.95. The van der Waals surface area contributed by atoms with Crippen molar-refractivity contribution in [2.45, 2.75) is 6.92 Å². The molecule has 0 amide bonds. The molecule has 1 aromatic rings. The molecule has 3 nitrogen and oxygen atoms in total. The minimum Gasteiger partial charge on any atom is -0.480 e. The molecule has 0 spiro atoms. The Morgan fingerprint density at radius 3 is 2.88 bits per heavy atom. The highest BCUT2D eigenvalue weighted by atomic mass is 35.5. The SMILES string of the molecule is CC#CCOc1ccc(Cl)cc1C(=O)OC. The van der Waals surface area contributed by atoms with Gasteiger partial charge in [-0.3, -0.25) is 0 Å². The van der Waals surface area contributed by atoms with Crippen LogP contribution in [0.1, 0.15) is 17.3 Å². The molecular formula is C12H11ClO3. The molecule has 0 aliphatic heterocycles. The number of carbonyl (C=O) groups is 1. The molecule has 0 N–H and O–H groups in total. The van der Waals surface area contributed by atoms with Crippen molar-refractivity contribution in [1.82, 2.24) is 0 Å². The van der Waals surface area contributed by atoms with Gasteiger partial charge in [0, 0.05) is 5.02 Å². The third kappa shape index (κ3) is 3.18. The number of esters is 1. The molecule has 0 aliphatic rings. The van der Waals surface area contributed by atoms with Crippen molar-refractivity contribution in [2.24, 2.45) is 0 Å². The second-order valence-electron chi connectivity index (χ2n) is 2.85. The first-order valence-electron chi connectivity index (χ1n) is 4.59. The highest BCUT2D eigenvalue weighted by Gasteiger charge is 2.13. The Bertz CT molecular complexity index is 443. The van der Waals surface area contributed by atoms with Crippen molar-refractivity contribution in [1.29, 1.82) is 0 Å². The fourth-order valence-corrected chi connectivity index (χ4v) is 1.26. The lowest BCUT2D eigenvalue weighted by atomic mass is 10.2. The average Bonchev–Trinajstić information content (AvgIpc) is 2.30. The molecule has 0 atom stereocenters. The summed E-state index contributed by atoms with van der Waals surface area (Å²) in [4.78, 5) is 11.4. The van der Waals surface area contributed by atoms with Gasteiger partial charge in [-0.1, -0.05) is 17.5 Å². The van der Waals surface area contributed by atoms with Gasteiger partial charge < -0.3 is 9.47 Å². The maximum atomic E-state index is 11.4. The zero-order chi connectivity index (χ0) is 12.0. The van der Waals surface area contributed by atoms with E-state index in [0.717, 1.165) is 0 Å². The van der Waals surface area contributed by atoms with Crippen LogP contribution in [0.3, 0.4) is 0 Å². The second kappa shape index (κ2) is 6.04. The predicted molar refractivity (Wildman–Crippen MR) is 61.7 cm³/mol. The minimum atomic E-state index is -0.484. The molecule has 0 bridgehead atoms. The number of hydrogen-bond donors (Lipinski definition) is 0. The fraction of sp³-hybridized carbons (Fsp3) is 0.250. The van der Waals surface area contributed by atoms with Gasteiger partial charge in [-0.25, -0.2) is 4.79 Å². The molecule has 0 radical (unpaired) electrons. The molecule has 84 valence electrons. The second-order valence-corrected chi connectivity index (χ2v) is 3.28. The number of hydrogen-bond acceptors (Lipinski definition) is 3. The molecule has 0 saturated heterocycles. The van der Waals surface area contributed by atoms with E-state index in [1.165, 1.54) is 13.2 Å². The van der Waals surface area contributed by atoms with Crippen LogP contribution < -0.4 is 4.74 Å². The van der Waals surface area contributed by atoms with E-state index >= 15 is 0 Å². The highest BCUT2D eigenvalue weighted by Crippen LogP contribution is 2.23. The summed E-state index contributed by atoms with van der Waals surface area (Å²) in [5.41, 5.74) is 0.299. The lowest BCUT2D eigenvalue weighted by Gasteiger charge is -2.08. The van der Waals surface area contributed by atoms with Crippen molar-refractivity contribution in [2.75, 3.05) is 13.7 Å². The predicted octanol–water partition coefficient (Wildman–Crippen LogP) is 2.53. The van der Waals surface area contributed by atoms with E-state index in [1.54, 1.807) is 19.1 Å². The summed E-state index contributed by atoms with van der Waals surface area (Å²) in [6.07, 6.45) is 0. The van der Waals surface area contributed by atoms with Gasteiger partial charge in [-0.2, -0.15) is 0 Å². The van der Waals surface area contributed by atoms with Crippen molar-refractivity contribution in [3.05, 3.63) is 28.8 Å². The van der Waals surface area contributed by atoms with Gasteiger partial charge in [-0.15, -0.1) is 5.92 Å². The topological polar surface area (TPSA) is 35.5 Å². The van der Waals surface area contributed by atoms with Gasteiger partial charge in [0.05, 0.1) is 7.11 Å².